The molecule has 0 radical (unpaired) electrons. The molecule has 32 heavy (non-hydrogen) atoms. The first-order chi connectivity index (χ1) is 15.5. The molecule has 0 atom stereocenters. The van der Waals surface area contributed by atoms with E-state index in [1.165, 1.54) is 24.2 Å². The van der Waals surface area contributed by atoms with Crippen LogP contribution in [0.5, 0.6) is 5.75 Å². The van der Waals surface area contributed by atoms with Crippen molar-refractivity contribution in [3.63, 3.8) is 0 Å². The molecule has 0 aromatic carbocycles. The summed E-state index contributed by atoms with van der Waals surface area (Å²) in [6.07, 6.45) is 5.71. The molecule has 7 nitrogen and oxygen atoms in total. The Morgan fingerprint density at radius 2 is 1.81 bits per heavy atom. The zero-order chi connectivity index (χ0) is 22.5. The summed E-state index contributed by atoms with van der Waals surface area (Å²) in [5, 5.41) is 2.78. The van der Waals surface area contributed by atoms with Crippen LogP contribution in [-0.4, -0.2) is 30.4 Å². The normalized spacial score (nSPS) is 16.1. The quantitative estimate of drug-likeness (QED) is 0.460. The lowest BCUT2D eigenvalue weighted by atomic mass is 9.86. The van der Waals surface area contributed by atoms with Gasteiger partial charge in [0.05, 0.1) is 33.8 Å². The molecular weight excluding hydrogens is 452 g/mol. The van der Waals surface area contributed by atoms with E-state index in [1.807, 2.05) is 6.07 Å². The van der Waals surface area contributed by atoms with Gasteiger partial charge >= 0.3 is 12.2 Å². The Morgan fingerprint density at radius 1 is 1.12 bits per heavy atom. The monoisotopic (exact) mass is 478 g/mol. The van der Waals surface area contributed by atoms with Crippen LogP contribution in [-0.2, 0) is 16.0 Å². The highest BCUT2D eigenvalue weighted by Crippen LogP contribution is 2.36. The third kappa shape index (κ3) is 5.92. The van der Waals surface area contributed by atoms with E-state index in [1.54, 1.807) is 19.1 Å². The molecule has 0 bridgehead atoms. The van der Waals surface area contributed by atoms with Gasteiger partial charge < -0.3 is 19.5 Å². The van der Waals surface area contributed by atoms with Gasteiger partial charge in [0.2, 0.25) is 0 Å². The number of thiophene rings is 1. The topological polar surface area (TPSA) is 86.8 Å². The predicted molar refractivity (Wildman–Crippen MR) is 122 cm³/mol. The molecule has 0 saturated heterocycles. The number of halogens is 1. The number of ether oxygens (including phenoxy) is 3. The number of carbonyl (C=O) groups excluding carboxylic acids is 2. The molecule has 4 rings (SSSR count). The molecule has 2 aliphatic rings. The zero-order valence-corrected chi connectivity index (χ0v) is 19.6. The molecule has 2 aliphatic carbocycles. The number of rotatable bonds is 8. The molecule has 1 amide bonds. The van der Waals surface area contributed by atoms with E-state index in [2.05, 4.69) is 10.3 Å². The third-order valence-electron chi connectivity index (χ3n) is 6.00. The van der Waals surface area contributed by atoms with Crippen molar-refractivity contribution in [2.24, 2.45) is 11.8 Å². The van der Waals surface area contributed by atoms with Crippen LogP contribution in [0.3, 0.4) is 0 Å². The molecular formula is C23H27ClN2O5S. The maximum absolute atomic E-state index is 12.0. The second-order valence-corrected chi connectivity index (χ2v) is 10.1. The summed E-state index contributed by atoms with van der Waals surface area (Å²) < 4.78 is 16.4. The predicted octanol–water partition coefficient (Wildman–Crippen LogP) is 6.11. The van der Waals surface area contributed by atoms with E-state index >= 15 is 0 Å². The maximum Gasteiger partial charge on any atom is 0.513 e. The summed E-state index contributed by atoms with van der Waals surface area (Å²) in [7, 11) is 0. The van der Waals surface area contributed by atoms with Crippen molar-refractivity contribution < 1.29 is 23.8 Å². The van der Waals surface area contributed by atoms with Crippen molar-refractivity contribution in [2.75, 3.05) is 13.2 Å². The summed E-state index contributed by atoms with van der Waals surface area (Å²) in [5.41, 5.74) is 2.10. The van der Waals surface area contributed by atoms with Gasteiger partial charge in [0.1, 0.15) is 0 Å². The number of hydrogen-bond acceptors (Lipinski definition) is 7. The molecule has 0 unspecified atom stereocenters. The second-order valence-electron chi connectivity index (χ2n) is 8.39. The first-order valence-electron chi connectivity index (χ1n) is 11.0. The Kier molecular flexibility index (Phi) is 7.52. The van der Waals surface area contributed by atoms with Gasteiger partial charge in [-0.05, 0) is 68.2 Å². The third-order valence-corrected chi connectivity index (χ3v) is 7.33. The molecule has 2 aromatic rings. The largest absolute Gasteiger partial charge is 0.513 e. The number of alkyl carbamates (subject to hydrolysis) is 1. The lowest BCUT2D eigenvalue weighted by Crippen LogP contribution is -2.27. The van der Waals surface area contributed by atoms with Crippen LogP contribution in [0.15, 0.2) is 18.2 Å². The first kappa shape index (κ1) is 22.9. The number of carbonyl (C=O) groups is 2. The summed E-state index contributed by atoms with van der Waals surface area (Å²) in [6, 6.07) is 5.27. The molecule has 2 saturated carbocycles. The minimum Gasteiger partial charge on any atom is -0.449 e. The standard InChI is InChI=1S/C23H27ClN2O5S/c1-14-19(31-23(28)30-13-16-6-3-7-16)9-8-18(26-14)21-17(10-20(24)32-21)11-25-22(27)29-12-15-4-2-5-15/h8-10,15-16H,2-7,11-13H2,1H3,(H,25,27). The highest BCUT2D eigenvalue weighted by atomic mass is 35.5. The molecule has 0 aliphatic heterocycles. The Labute approximate surface area is 196 Å². The van der Waals surface area contributed by atoms with Crippen LogP contribution in [0, 0.1) is 18.8 Å². The number of pyridine rings is 1. The minimum absolute atomic E-state index is 0.286. The Bertz CT molecular complexity index is 971. The van der Waals surface area contributed by atoms with Crippen LogP contribution >= 0.6 is 22.9 Å². The van der Waals surface area contributed by atoms with E-state index in [-0.39, 0.29) is 6.54 Å². The van der Waals surface area contributed by atoms with Crippen molar-refractivity contribution in [2.45, 2.75) is 52.0 Å². The average Bonchev–Trinajstić information content (AvgIpc) is 3.06. The van der Waals surface area contributed by atoms with Crippen LogP contribution < -0.4 is 10.1 Å². The minimum atomic E-state index is -0.709. The van der Waals surface area contributed by atoms with Crippen LogP contribution in [0.1, 0.15) is 49.8 Å². The lowest BCUT2D eigenvalue weighted by molar-refractivity contribution is 0.0679. The molecule has 2 fully saturated rings. The van der Waals surface area contributed by atoms with E-state index in [4.69, 9.17) is 25.8 Å². The first-order valence-corrected chi connectivity index (χ1v) is 12.2. The van der Waals surface area contributed by atoms with E-state index in [0.717, 1.165) is 36.1 Å². The van der Waals surface area contributed by atoms with Gasteiger partial charge in [0.25, 0.3) is 0 Å². The van der Waals surface area contributed by atoms with Gasteiger partial charge in [-0.1, -0.05) is 24.4 Å². The fourth-order valence-corrected chi connectivity index (χ4v) is 4.80. The van der Waals surface area contributed by atoms with E-state index in [0.29, 0.717) is 46.5 Å². The zero-order valence-electron chi connectivity index (χ0n) is 18.0. The molecule has 9 heteroatoms. The highest BCUT2D eigenvalue weighted by molar-refractivity contribution is 7.19. The number of nitrogens with one attached hydrogen (secondary N) is 1. The van der Waals surface area contributed by atoms with Gasteiger partial charge in [-0.15, -0.1) is 11.3 Å². The fourth-order valence-electron chi connectivity index (χ4n) is 3.56. The summed E-state index contributed by atoms with van der Waals surface area (Å²) >= 11 is 7.61. The van der Waals surface area contributed by atoms with Gasteiger partial charge in [-0.3, -0.25) is 0 Å². The highest BCUT2D eigenvalue weighted by Gasteiger charge is 2.21. The Hall–Kier alpha value is -2.32. The molecule has 172 valence electrons. The van der Waals surface area contributed by atoms with Gasteiger partial charge in [0, 0.05) is 6.54 Å². The van der Waals surface area contributed by atoms with Crippen molar-refractivity contribution in [3.8, 4) is 16.3 Å². The van der Waals surface area contributed by atoms with Crippen molar-refractivity contribution in [1.82, 2.24) is 10.3 Å². The Balaban J connectivity index is 1.34. The average molecular weight is 479 g/mol. The molecule has 2 aromatic heterocycles. The molecule has 0 spiro atoms. The lowest BCUT2D eigenvalue weighted by Gasteiger charge is -2.24. The van der Waals surface area contributed by atoms with E-state index < -0.39 is 12.2 Å². The SMILES string of the molecule is Cc1nc(-c2sc(Cl)cc2CNC(=O)OCC2CCC2)ccc1OC(=O)OCC1CCC1. The Morgan fingerprint density at radius 3 is 2.44 bits per heavy atom. The van der Waals surface area contributed by atoms with Gasteiger partial charge in [0.15, 0.2) is 5.75 Å². The summed E-state index contributed by atoms with van der Waals surface area (Å²) in [5.74, 6) is 1.31. The molecule has 1 N–H and O–H groups in total. The van der Waals surface area contributed by atoms with Crippen LogP contribution in [0.25, 0.3) is 10.6 Å². The number of amides is 1. The number of hydrogen-bond donors (Lipinski definition) is 1. The second kappa shape index (κ2) is 10.5. The summed E-state index contributed by atoms with van der Waals surface area (Å²) in [4.78, 5) is 29.4. The fraction of sp³-hybridized carbons (Fsp3) is 0.522. The van der Waals surface area contributed by atoms with Gasteiger partial charge in [-0.2, -0.15) is 0 Å². The number of aryl methyl sites for hydroxylation is 1. The maximum atomic E-state index is 12.0. The number of aromatic nitrogens is 1. The summed E-state index contributed by atoms with van der Waals surface area (Å²) in [6.45, 7) is 2.92. The number of nitrogens with zero attached hydrogens (tertiary/aromatic N) is 1. The van der Waals surface area contributed by atoms with Gasteiger partial charge in [-0.25, -0.2) is 14.6 Å². The van der Waals surface area contributed by atoms with Crippen molar-refractivity contribution in [3.05, 3.63) is 33.8 Å². The van der Waals surface area contributed by atoms with Crippen LogP contribution in [0.2, 0.25) is 4.34 Å². The van der Waals surface area contributed by atoms with Crippen LogP contribution in [0.4, 0.5) is 9.59 Å². The smallest absolute Gasteiger partial charge is 0.449 e. The van der Waals surface area contributed by atoms with Crippen molar-refractivity contribution in [1.29, 1.82) is 0 Å². The molecule has 2 heterocycles. The van der Waals surface area contributed by atoms with Crippen molar-refractivity contribution >= 4 is 35.2 Å². The van der Waals surface area contributed by atoms with E-state index in [9.17, 15) is 9.59 Å².